The summed E-state index contributed by atoms with van der Waals surface area (Å²) in [5.74, 6) is 0.830. The first-order chi connectivity index (χ1) is 16.0. The highest BCUT2D eigenvalue weighted by Gasteiger charge is 2.32. The fourth-order valence-electron chi connectivity index (χ4n) is 3.82. The van der Waals surface area contributed by atoms with Gasteiger partial charge in [-0.3, -0.25) is 0 Å². The van der Waals surface area contributed by atoms with Gasteiger partial charge < -0.3 is 24.8 Å². The lowest BCUT2D eigenvalue weighted by Gasteiger charge is -2.28. The van der Waals surface area contributed by atoms with E-state index >= 15 is 0 Å². The number of hydrogen-bond donors (Lipinski definition) is 2. The molecule has 0 spiro atoms. The number of hydrogen-bond acceptors (Lipinski definition) is 5. The van der Waals surface area contributed by atoms with Crippen molar-refractivity contribution in [2.24, 2.45) is 0 Å². The molecule has 1 atom stereocenters. The van der Waals surface area contributed by atoms with Crippen molar-refractivity contribution >= 4 is 12.0 Å². The Balaban J connectivity index is 2.10. The monoisotopic (exact) mass is 460 g/mol. The molecule has 2 amide bonds. The second kappa shape index (κ2) is 14.4. The van der Waals surface area contributed by atoms with Gasteiger partial charge in [0.2, 0.25) is 0 Å². The summed E-state index contributed by atoms with van der Waals surface area (Å²) in [6.45, 7) is 9.22. The summed E-state index contributed by atoms with van der Waals surface area (Å²) in [5, 5.41) is 5.50. The summed E-state index contributed by atoms with van der Waals surface area (Å²) >= 11 is 0. The molecule has 1 aromatic carbocycles. The third-order valence-corrected chi connectivity index (χ3v) is 5.53. The third-order valence-electron chi connectivity index (χ3n) is 5.53. The van der Waals surface area contributed by atoms with E-state index in [1.807, 2.05) is 32.0 Å². The molecule has 0 fully saturated rings. The van der Waals surface area contributed by atoms with Gasteiger partial charge in [-0.05, 0) is 44.4 Å². The molecule has 2 rings (SSSR count). The minimum absolute atomic E-state index is 0.325. The Morgan fingerprint density at radius 3 is 2.33 bits per heavy atom. The van der Waals surface area contributed by atoms with Crippen LogP contribution in [0.2, 0.25) is 0 Å². The SMILES string of the molecule is CCCCCCCCCOc1ccc(C2NC(=O)NC(C)=C2C(=O)OCCC)cc1OCC. The number of carbonyl (C=O) groups excluding carboxylic acids is 2. The fraction of sp³-hybridized carbons (Fsp3) is 0.615. The van der Waals surface area contributed by atoms with Gasteiger partial charge in [0.05, 0.1) is 31.4 Å². The predicted octanol–water partition coefficient (Wildman–Crippen LogP) is 5.80. The van der Waals surface area contributed by atoms with E-state index in [0.717, 1.165) is 24.8 Å². The first kappa shape index (κ1) is 26.6. The van der Waals surface area contributed by atoms with Crippen molar-refractivity contribution in [2.45, 2.75) is 85.1 Å². The summed E-state index contributed by atoms with van der Waals surface area (Å²) < 4.78 is 17.2. The van der Waals surface area contributed by atoms with E-state index < -0.39 is 12.0 Å². The third kappa shape index (κ3) is 8.30. The number of carbonyl (C=O) groups is 2. The van der Waals surface area contributed by atoms with Crippen molar-refractivity contribution < 1.29 is 23.8 Å². The molecule has 1 aromatic rings. The first-order valence-electron chi connectivity index (χ1n) is 12.4. The maximum atomic E-state index is 12.7. The van der Waals surface area contributed by atoms with Gasteiger partial charge in [-0.2, -0.15) is 0 Å². The minimum Gasteiger partial charge on any atom is -0.490 e. The molecule has 0 aromatic heterocycles. The number of benzene rings is 1. The molecular formula is C26H40N2O5. The van der Waals surface area contributed by atoms with Crippen LogP contribution in [0.1, 0.15) is 90.7 Å². The normalized spacial score (nSPS) is 15.6. The minimum atomic E-state index is -0.625. The standard InChI is InChI=1S/C26H40N2O5/c1-5-8-9-10-11-12-13-17-32-21-15-14-20(18-22(21)31-7-3)24-23(25(29)33-16-6-2)19(4)27-26(30)28-24/h14-15,18,24H,5-13,16-17H2,1-4H3,(H2,27,28,30). The van der Waals surface area contributed by atoms with Crippen LogP contribution in [0.3, 0.4) is 0 Å². The molecule has 0 aliphatic carbocycles. The van der Waals surface area contributed by atoms with Gasteiger partial charge in [-0.25, -0.2) is 9.59 Å². The van der Waals surface area contributed by atoms with E-state index in [2.05, 4.69) is 17.6 Å². The number of amides is 2. The summed E-state index contributed by atoms with van der Waals surface area (Å²) in [4.78, 5) is 24.8. The van der Waals surface area contributed by atoms with Crippen molar-refractivity contribution in [1.29, 1.82) is 0 Å². The van der Waals surface area contributed by atoms with Gasteiger partial charge in [-0.15, -0.1) is 0 Å². The molecule has 0 bridgehead atoms. The zero-order valence-electron chi connectivity index (χ0n) is 20.6. The lowest BCUT2D eigenvalue weighted by Crippen LogP contribution is -2.45. The van der Waals surface area contributed by atoms with Crippen molar-refractivity contribution in [2.75, 3.05) is 19.8 Å². The van der Waals surface area contributed by atoms with Gasteiger partial charge in [0.15, 0.2) is 11.5 Å². The lowest BCUT2D eigenvalue weighted by molar-refractivity contribution is -0.139. The van der Waals surface area contributed by atoms with Crippen molar-refractivity contribution in [3.63, 3.8) is 0 Å². The van der Waals surface area contributed by atoms with Crippen LogP contribution in [0.15, 0.2) is 29.5 Å². The average molecular weight is 461 g/mol. The van der Waals surface area contributed by atoms with Crippen LogP contribution in [-0.2, 0) is 9.53 Å². The van der Waals surface area contributed by atoms with Crippen LogP contribution < -0.4 is 20.1 Å². The summed E-state index contributed by atoms with van der Waals surface area (Å²) in [6.07, 6.45) is 9.27. The number of unbranched alkanes of at least 4 members (excludes halogenated alkanes) is 6. The van der Waals surface area contributed by atoms with E-state index in [9.17, 15) is 9.59 Å². The highest BCUT2D eigenvalue weighted by atomic mass is 16.5. The quantitative estimate of drug-likeness (QED) is 0.255. The van der Waals surface area contributed by atoms with Crippen LogP contribution >= 0.6 is 0 Å². The molecule has 33 heavy (non-hydrogen) atoms. The van der Waals surface area contributed by atoms with Crippen LogP contribution in [0.4, 0.5) is 4.79 Å². The van der Waals surface area contributed by atoms with Crippen molar-refractivity contribution in [3.05, 3.63) is 35.0 Å². The average Bonchev–Trinajstić information content (AvgIpc) is 2.79. The predicted molar refractivity (Wildman–Crippen MR) is 129 cm³/mol. The number of nitrogens with one attached hydrogen (secondary N) is 2. The van der Waals surface area contributed by atoms with Gasteiger partial charge in [0.25, 0.3) is 0 Å². The molecule has 7 heteroatoms. The Morgan fingerprint density at radius 1 is 0.909 bits per heavy atom. The van der Waals surface area contributed by atoms with Crippen molar-refractivity contribution in [3.8, 4) is 11.5 Å². The first-order valence-corrected chi connectivity index (χ1v) is 12.4. The summed E-state index contributed by atoms with van der Waals surface area (Å²) in [7, 11) is 0. The number of rotatable bonds is 15. The maximum absolute atomic E-state index is 12.7. The van der Waals surface area contributed by atoms with Crippen LogP contribution in [0.5, 0.6) is 11.5 Å². The molecule has 1 heterocycles. The smallest absolute Gasteiger partial charge is 0.338 e. The van der Waals surface area contributed by atoms with E-state index in [-0.39, 0.29) is 6.03 Å². The molecule has 1 aliphatic rings. The second-order valence-corrected chi connectivity index (χ2v) is 8.32. The number of allylic oxidation sites excluding steroid dienone is 1. The van der Waals surface area contributed by atoms with Gasteiger partial charge in [-0.1, -0.05) is 58.4 Å². The molecular weight excluding hydrogens is 420 g/mol. The Kier molecular flexibility index (Phi) is 11.6. The Labute approximate surface area is 198 Å². The van der Waals surface area contributed by atoms with Crippen LogP contribution in [0.25, 0.3) is 0 Å². The van der Waals surface area contributed by atoms with Gasteiger partial charge in [0.1, 0.15) is 0 Å². The topological polar surface area (TPSA) is 85.9 Å². The van der Waals surface area contributed by atoms with E-state index in [1.165, 1.54) is 32.1 Å². The van der Waals surface area contributed by atoms with Crippen LogP contribution in [0, 0.1) is 0 Å². The maximum Gasteiger partial charge on any atom is 0.338 e. The molecule has 1 unspecified atom stereocenters. The molecule has 0 saturated carbocycles. The summed E-state index contributed by atoms with van der Waals surface area (Å²) in [6, 6.07) is 4.56. The van der Waals surface area contributed by atoms with Gasteiger partial charge in [0, 0.05) is 5.70 Å². The van der Waals surface area contributed by atoms with Crippen molar-refractivity contribution in [1.82, 2.24) is 10.6 Å². The molecule has 184 valence electrons. The highest BCUT2D eigenvalue weighted by Crippen LogP contribution is 2.35. The molecule has 1 aliphatic heterocycles. The fourth-order valence-corrected chi connectivity index (χ4v) is 3.82. The molecule has 0 saturated heterocycles. The zero-order valence-corrected chi connectivity index (χ0v) is 20.6. The Morgan fingerprint density at radius 2 is 1.64 bits per heavy atom. The van der Waals surface area contributed by atoms with E-state index in [0.29, 0.717) is 42.6 Å². The number of ether oxygens (including phenoxy) is 3. The Bertz CT molecular complexity index is 806. The second-order valence-electron chi connectivity index (χ2n) is 8.32. The summed E-state index contributed by atoms with van der Waals surface area (Å²) in [5.41, 5.74) is 1.61. The number of urea groups is 1. The zero-order chi connectivity index (χ0) is 24.1. The largest absolute Gasteiger partial charge is 0.490 e. The number of esters is 1. The lowest BCUT2D eigenvalue weighted by atomic mass is 9.95. The highest BCUT2D eigenvalue weighted by molar-refractivity contribution is 5.95. The Hall–Kier alpha value is -2.70. The van der Waals surface area contributed by atoms with Gasteiger partial charge >= 0.3 is 12.0 Å². The van der Waals surface area contributed by atoms with E-state index in [4.69, 9.17) is 14.2 Å². The molecule has 0 radical (unpaired) electrons. The molecule has 2 N–H and O–H groups in total. The van der Waals surface area contributed by atoms with Crippen LogP contribution in [-0.4, -0.2) is 31.8 Å². The van der Waals surface area contributed by atoms with E-state index in [1.54, 1.807) is 6.92 Å². The molecule has 7 nitrogen and oxygen atoms in total.